The second-order valence-corrected chi connectivity index (χ2v) is 9.46. The Morgan fingerprint density at radius 3 is 1.82 bits per heavy atom. The highest BCUT2D eigenvalue weighted by molar-refractivity contribution is 6.76. The van der Waals surface area contributed by atoms with Crippen LogP contribution in [0, 0.1) is 0 Å². The fraction of sp³-hybridized carbons (Fsp3) is 1.00. The highest BCUT2D eigenvalue weighted by atomic mass is 28.4. The molecule has 0 aliphatic carbocycles. The first-order chi connectivity index (χ1) is 8.18. The Kier molecular flexibility index (Phi) is 11.5. The average Bonchev–Trinajstić information content (AvgIpc) is 2.31. The van der Waals surface area contributed by atoms with Gasteiger partial charge in [-0.25, -0.2) is 0 Å². The van der Waals surface area contributed by atoms with Crippen LogP contribution in [0.2, 0.25) is 25.2 Å². The molecule has 7 heteroatoms. The van der Waals surface area contributed by atoms with Gasteiger partial charge in [0, 0.05) is 26.2 Å². The van der Waals surface area contributed by atoms with Crippen molar-refractivity contribution in [2.75, 3.05) is 39.3 Å². The lowest BCUT2D eigenvalue weighted by molar-refractivity contribution is 0.559. The van der Waals surface area contributed by atoms with Crippen LogP contribution in [0.25, 0.3) is 0 Å². The minimum atomic E-state index is -1.54. The molecule has 0 aliphatic rings. The van der Waals surface area contributed by atoms with Gasteiger partial charge in [-0.3, -0.25) is 0 Å². The Hall–Kier alpha value is 0.234. The monoisotopic (exact) mass is 276 g/mol. The summed E-state index contributed by atoms with van der Waals surface area (Å²) in [7, 11) is -0.953. The summed E-state index contributed by atoms with van der Waals surface area (Å²) in [6, 6.07) is 2.30. The number of rotatable bonds is 12. The van der Waals surface area contributed by atoms with E-state index in [2.05, 4.69) is 23.7 Å². The molecule has 17 heavy (non-hydrogen) atoms. The van der Waals surface area contributed by atoms with Gasteiger partial charge in [-0.1, -0.05) is 0 Å². The van der Waals surface area contributed by atoms with Crippen LogP contribution < -0.4 is 22.1 Å². The van der Waals surface area contributed by atoms with Crippen LogP contribution >= 0.6 is 0 Å². The van der Waals surface area contributed by atoms with Gasteiger partial charge in [0.25, 0.3) is 0 Å². The summed E-state index contributed by atoms with van der Waals surface area (Å²) in [6.07, 6.45) is 0. The van der Waals surface area contributed by atoms with Crippen LogP contribution in [-0.2, 0) is 4.12 Å². The van der Waals surface area contributed by atoms with Gasteiger partial charge >= 0.3 is 0 Å². The fourth-order valence-corrected chi connectivity index (χ4v) is 6.08. The highest BCUT2D eigenvalue weighted by Crippen LogP contribution is 2.15. The van der Waals surface area contributed by atoms with Crippen molar-refractivity contribution in [2.45, 2.75) is 25.2 Å². The Morgan fingerprint density at radius 1 is 1.00 bits per heavy atom. The van der Waals surface area contributed by atoms with Crippen LogP contribution in [0.4, 0.5) is 0 Å². The molecule has 0 aromatic rings. The quantitative estimate of drug-likeness (QED) is 0.281. The molecule has 0 rings (SSSR count). The van der Waals surface area contributed by atoms with Gasteiger partial charge in [0.05, 0.1) is 0 Å². The molecule has 0 fully saturated rings. The van der Waals surface area contributed by atoms with Crippen molar-refractivity contribution in [3.8, 4) is 0 Å². The van der Waals surface area contributed by atoms with Gasteiger partial charge in [0.15, 0.2) is 8.32 Å². The summed E-state index contributed by atoms with van der Waals surface area (Å²) >= 11 is 0. The third-order valence-electron chi connectivity index (χ3n) is 2.65. The molecule has 0 aromatic carbocycles. The molecule has 0 bridgehead atoms. The smallest absolute Gasteiger partial charge is 0.211 e. The molecule has 0 spiro atoms. The summed E-state index contributed by atoms with van der Waals surface area (Å²) in [6.45, 7) is 9.64. The third-order valence-corrected chi connectivity index (χ3v) is 8.05. The van der Waals surface area contributed by atoms with Gasteiger partial charge in [0.1, 0.15) is 0 Å². The van der Waals surface area contributed by atoms with E-state index in [0.717, 1.165) is 38.3 Å². The van der Waals surface area contributed by atoms with Crippen molar-refractivity contribution in [1.29, 1.82) is 0 Å². The van der Waals surface area contributed by atoms with E-state index >= 15 is 0 Å². The normalized spacial score (nSPS) is 12.0. The molecular formula is C10H28N4OSi2. The van der Waals surface area contributed by atoms with E-state index < -0.39 is 8.32 Å². The maximum atomic E-state index is 6.01. The van der Waals surface area contributed by atoms with Crippen molar-refractivity contribution in [3.05, 3.63) is 0 Å². The molecule has 0 amide bonds. The van der Waals surface area contributed by atoms with Gasteiger partial charge in [-0.05, 0) is 38.3 Å². The molecular weight excluding hydrogens is 248 g/mol. The summed E-state index contributed by atoms with van der Waals surface area (Å²) < 4.78 is 6.01. The zero-order valence-electron chi connectivity index (χ0n) is 11.2. The summed E-state index contributed by atoms with van der Waals surface area (Å²) in [4.78, 5) is 0. The van der Waals surface area contributed by atoms with Gasteiger partial charge in [-0.2, -0.15) is 0 Å². The van der Waals surface area contributed by atoms with Crippen molar-refractivity contribution in [2.24, 2.45) is 11.5 Å². The first-order valence-electron chi connectivity index (χ1n) is 6.35. The molecule has 0 heterocycles. The third kappa shape index (κ3) is 9.89. The van der Waals surface area contributed by atoms with Gasteiger partial charge in [0.2, 0.25) is 9.76 Å². The largest absolute Gasteiger partial charge is 0.456 e. The first-order valence-corrected chi connectivity index (χ1v) is 10.6. The maximum absolute atomic E-state index is 6.01. The molecule has 0 unspecified atom stereocenters. The van der Waals surface area contributed by atoms with Crippen molar-refractivity contribution < 1.29 is 4.12 Å². The second kappa shape index (κ2) is 11.3. The minimum Gasteiger partial charge on any atom is -0.456 e. The van der Waals surface area contributed by atoms with Crippen LogP contribution in [0.3, 0.4) is 0 Å². The molecule has 0 saturated heterocycles. The van der Waals surface area contributed by atoms with E-state index in [9.17, 15) is 0 Å². The van der Waals surface area contributed by atoms with E-state index in [4.69, 9.17) is 15.6 Å². The zero-order valence-corrected chi connectivity index (χ0v) is 13.2. The number of nitrogens with two attached hydrogens (primary N) is 2. The second-order valence-electron chi connectivity index (χ2n) is 4.33. The lowest BCUT2D eigenvalue weighted by Crippen LogP contribution is -2.42. The van der Waals surface area contributed by atoms with E-state index in [0.29, 0.717) is 22.9 Å². The Balaban J connectivity index is 3.80. The van der Waals surface area contributed by atoms with E-state index in [1.807, 2.05) is 0 Å². The highest BCUT2D eigenvalue weighted by Gasteiger charge is 2.26. The zero-order chi connectivity index (χ0) is 13.0. The van der Waals surface area contributed by atoms with Crippen LogP contribution in [-0.4, -0.2) is 57.3 Å². The van der Waals surface area contributed by atoms with Crippen LogP contribution in [0.1, 0.15) is 0 Å². The predicted octanol–water partition coefficient (Wildman–Crippen LogP) is -0.658. The molecule has 0 aliphatic heterocycles. The average molecular weight is 277 g/mol. The molecule has 5 nitrogen and oxygen atoms in total. The molecule has 6 N–H and O–H groups in total. The number of nitrogens with one attached hydrogen (secondary N) is 2. The van der Waals surface area contributed by atoms with E-state index in [1.54, 1.807) is 0 Å². The fourth-order valence-electron chi connectivity index (χ4n) is 1.63. The lowest BCUT2D eigenvalue weighted by atomic mass is 10.6. The van der Waals surface area contributed by atoms with Crippen molar-refractivity contribution in [1.82, 2.24) is 10.6 Å². The standard InChI is InChI=1S/C10H28N4OSi2/c1-16-15-17(2,9-7-13-5-3-11)10-8-14-6-4-12/h13-14H,3-12H2,1-2H3. The van der Waals surface area contributed by atoms with E-state index in [1.165, 1.54) is 0 Å². The maximum Gasteiger partial charge on any atom is 0.211 e. The Bertz CT molecular complexity index is 162. The molecule has 0 saturated carbocycles. The van der Waals surface area contributed by atoms with Gasteiger partial charge in [-0.15, -0.1) is 0 Å². The van der Waals surface area contributed by atoms with Gasteiger partial charge < -0.3 is 26.2 Å². The van der Waals surface area contributed by atoms with Crippen LogP contribution in [0.5, 0.6) is 0 Å². The minimum absolute atomic E-state index is 0.590. The van der Waals surface area contributed by atoms with Crippen molar-refractivity contribution >= 4 is 18.1 Å². The first kappa shape index (κ1) is 17.2. The molecule has 0 aromatic heterocycles. The van der Waals surface area contributed by atoms with Crippen LogP contribution in [0.15, 0.2) is 0 Å². The molecule has 102 valence electrons. The topological polar surface area (TPSA) is 85.3 Å². The predicted molar refractivity (Wildman–Crippen MR) is 77.8 cm³/mol. The van der Waals surface area contributed by atoms with E-state index in [-0.39, 0.29) is 0 Å². The SMILES string of the molecule is C[Si]O[Si](C)(CCNCCN)CCNCCN. The lowest BCUT2D eigenvalue weighted by Gasteiger charge is -2.27. The Morgan fingerprint density at radius 2 is 1.47 bits per heavy atom. The number of hydrogen-bond acceptors (Lipinski definition) is 5. The van der Waals surface area contributed by atoms with Crippen molar-refractivity contribution in [3.63, 3.8) is 0 Å². The molecule has 0 atom stereocenters. The number of hydrogen-bond donors (Lipinski definition) is 4. The molecule has 2 radical (unpaired) electrons. The summed E-state index contributed by atoms with van der Waals surface area (Å²) in [5.41, 5.74) is 10.9. The summed E-state index contributed by atoms with van der Waals surface area (Å²) in [5, 5.41) is 6.69. The summed E-state index contributed by atoms with van der Waals surface area (Å²) in [5.74, 6) is 0. The Labute approximate surface area is 109 Å².